The molecule has 0 aromatic heterocycles. The number of aliphatic hydroxyl groups excluding tert-OH is 1. The molecule has 0 saturated carbocycles. The monoisotopic (exact) mass is 636 g/mol. The molecule has 2 atom stereocenters. The highest BCUT2D eigenvalue weighted by Crippen LogP contribution is 2.16. The molecule has 0 spiro atoms. The summed E-state index contributed by atoms with van der Waals surface area (Å²) in [6.07, 6.45) is 47.5. The molecule has 3 nitrogen and oxygen atoms in total. The molecular weight excluding hydrogens is 550 g/mol. The van der Waals surface area contributed by atoms with Crippen molar-refractivity contribution in [2.45, 2.75) is 264 Å². The zero-order valence-electron chi connectivity index (χ0n) is 31.5. The molecule has 0 heterocycles. The van der Waals surface area contributed by atoms with Gasteiger partial charge < -0.3 is 10.4 Å². The Morgan fingerprint density at radius 3 is 0.956 bits per heavy atom. The average molecular weight is 636 g/mol. The number of nitrogens with one attached hydrogen (secondary N) is 1. The molecule has 2 unspecified atom stereocenters. The highest BCUT2D eigenvalue weighted by atomic mass is 16.3. The van der Waals surface area contributed by atoms with Crippen LogP contribution < -0.4 is 5.32 Å². The van der Waals surface area contributed by atoms with Crippen molar-refractivity contribution in [2.24, 2.45) is 0 Å². The topological polar surface area (TPSA) is 49.3 Å². The minimum Gasteiger partial charge on any atom is -0.391 e. The second kappa shape index (κ2) is 37.9. The van der Waals surface area contributed by atoms with Crippen LogP contribution in [0, 0.1) is 0 Å². The van der Waals surface area contributed by atoms with Crippen molar-refractivity contribution in [1.29, 1.82) is 0 Å². The summed E-state index contributed by atoms with van der Waals surface area (Å²) in [6, 6.07) is -0.135. The zero-order valence-corrected chi connectivity index (χ0v) is 31.5. The first-order valence-electron chi connectivity index (χ1n) is 21.1. The summed E-state index contributed by atoms with van der Waals surface area (Å²) in [7, 11) is 0. The number of carbonyl (C=O) groups excluding carboxylic acids is 1. The van der Waals surface area contributed by atoms with Gasteiger partial charge in [0.2, 0.25) is 5.91 Å². The molecule has 0 aromatic carbocycles. The van der Waals surface area contributed by atoms with Gasteiger partial charge in [0.1, 0.15) is 0 Å². The van der Waals surface area contributed by atoms with Gasteiger partial charge in [-0.25, -0.2) is 0 Å². The van der Waals surface area contributed by atoms with Crippen LogP contribution in [0.25, 0.3) is 0 Å². The summed E-state index contributed by atoms with van der Waals surface area (Å²) in [5.41, 5.74) is 0. The lowest BCUT2D eigenvalue weighted by Gasteiger charge is -2.20. The summed E-state index contributed by atoms with van der Waals surface area (Å²) in [5, 5.41) is 13.5. The lowest BCUT2D eigenvalue weighted by molar-refractivity contribution is -0.122. The van der Waals surface area contributed by atoms with Gasteiger partial charge in [-0.15, -0.1) is 0 Å². The van der Waals surface area contributed by atoms with Gasteiger partial charge in [-0.1, -0.05) is 226 Å². The number of amides is 1. The standard InChI is InChI=1S/C42H85NO2/c1-4-6-8-10-12-14-16-18-19-20-21-22-23-24-25-27-29-31-33-35-37-39-42(45)43-40(3)41(44)38-36-34-32-30-28-26-17-15-13-11-9-7-5-2/h40-41,44H,4-39H2,1-3H3,(H,43,45). The number of aliphatic hydroxyl groups is 1. The number of carbonyl (C=O) groups is 1. The van der Waals surface area contributed by atoms with Gasteiger partial charge in [0.15, 0.2) is 0 Å². The third-order valence-electron chi connectivity index (χ3n) is 10.1. The molecule has 2 N–H and O–H groups in total. The van der Waals surface area contributed by atoms with Crippen molar-refractivity contribution >= 4 is 5.91 Å². The summed E-state index contributed by atoms with van der Waals surface area (Å²) in [6.45, 7) is 6.54. The molecular formula is C42H85NO2. The molecule has 0 fully saturated rings. The van der Waals surface area contributed by atoms with Gasteiger partial charge >= 0.3 is 0 Å². The lowest BCUT2D eigenvalue weighted by atomic mass is 10.0. The van der Waals surface area contributed by atoms with Gasteiger partial charge in [0.05, 0.1) is 12.1 Å². The van der Waals surface area contributed by atoms with Crippen LogP contribution in [0.1, 0.15) is 252 Å². The van der Waals surface area contributed by atoms with Crippen molar-refractivity contribution in [3.63, 3.8) is 0 Å². The quantitative estimate of drug-likeness (QED) is 0.0663. The molecule has 0 aliphatic heterocycles. The molecule has 270 valence electrons. The molecule has 0 rings (SSSR count). The second-order valence-corrected chi connectivity index (χ2v) is 14.8. The van der Waals surface area contributed by atoms with E-state index in [0.29, 0.717) is 6.42 Å². The minimum absolute atomic E-state index is 0.115. The first-order chi connectivity index (χ1) is 22.1. The van der Waals surface area contributed by atoms with E-state index in [1.54, 1.807) is 0 Å². The normalized spacial score (nSPS) is 12.9. The van der Waals surface area contributed by atoms with Gasteiger partial charge in [-0.3, -0.25) is 4.79 Å². The fourth-order valence-corrected chi connectivity index (χ4v) is 6.76. The molecule has 0 radical (unpaired) electrons. The smallest absolute Gasteiger partial charge is 0.220 e. The van der Waals surface area contributed by atoms with Crippen molar-refractivity contribution in [3.8, 4) is 0 Å². The Balaban J connectivity index is 3.35. The number of hydrogen-bond acceptors (Lipinski definition) is 2. The highest BCUT2D eigenvalue weighted by Gasteiger charge is 2.16. The van der Waals surface area contributed by atoms with Crippen LogP contribution in [0.5, 0.6) is 0 Å². The fraction of sp³-hybridized carbons (Fsp3) is 0.976. The Morgan fingerprint density at radius 1 is 0.422 bits per heavy atom. The van der Waals surface area contributed by atoms with Crippen LogP contribution in [0.3, 0.4) is 0 Å². The molecule has 0 aliphatic rings. The van der Waals surface area contributed by atoms with E-state index in [9.17, 15) is 9.90 Å². The van der Waals surface area contributed by atoms with Gasteiger partial charge in [-0.05, 0) is 19.8 Å². The maximum Gasteiger partial charge on any atom is 0.220 e. The van der Waals surface area contributed by atoms with Crippen molar-refractivity contribution in [2.75, 3.05) is 0 Å². The van der Waals surface area contributed by atoms with E-state index in [0.717, 1.165) is 25.7 Å². The molecule has 1 amide bonds. The fourth-order valence-electron chi connectivity index (χ4n) is 6.76. The first kappa shape index (κ1) is 44.4. The van der Waals surface area contributed by atoms with Crippen LogP contribution in [-0.2, 0) is 4.79 Å². The summed E-state index contributed by atoms with van der Waals surface area (Å²) < 4.78 is 0. The maximum absolute atomic E-state index is 12.3. The minimum atomic E-state index is -0.415. The van der Waals surface area contributed by atoms with E-state index in [2.05, 4.69) is 19.2 Å². The first-order valence-corrected chi connectivity index (χ1v) is 21.1. The Bertz CT molecular complexity index is 565. The van der Waals surface area contributed by atoms with Gasteiger partial charge in [0.25, 0.3) is 0 Å². The van der Waals surface area contributed by atoms with Crippen LogP contribution in [0.2, 0.25) is 0 Å². The van der Waals surface area contributed by atoms with E-state index in [1.165, 1.54) is 199 Å². The molecule has 0 saturated heterocycles. The largest absolute Gasteiger partial charge is 0.391 e. The van der Waals surface area contributed by atoms with Gasteiger partial charge in [0, 0.05) is 6.42 Å². The van der Waals surface area contributed by atoms with Crippen molar-refractivity contribution in [3.05, 3.63) is 0 Å². The average Bonchev–Trinajstić information content (AvgIpc) is 3.03. The van der Waals surface area contributed by atoms with E-state index in [4.69, 9.17) is 0 Å². The summed E-state index contributed by atoms with van der Waals surface area (Å²) in [4.78, 5) is 12.3. The van der Waals surface area contributed by atoms with Crippen LogP contribution >= 0.6 is 0 Å². The Hall–Kier alpha value is -0.570. The highest BCUT2D eigenvalue weighted by molar-refractivity contribution is 5.76. The van der Waals surface area contributed by atoms with Crippen LogP contribution in [0.15, 0.2) is 0 Å². The van der Waals surface area contributed by atoms with Crippen LogP contribution in [0.4, 0.5) is 0 Å². The van der Waals surface area contributed by atoms with Crippen LogP contribution in [-0.4, -0.2) is 23.2 Å². The maximum atomic E-state index is 12.3. The number of unbranched alkanes of at least 4 members (excludes halogenated alkanes) is 32. The SMILES string of the molecule is CCCCCCCCCCCCCCCCCCCCCCCC(=O)NC(C)C(O)CCCCCCCCCCCCCCC. The molecule has 0 bridgehead atoms. The Morgan fingerprint density at radius 2 is 0.667 bits per heavy atom. The third-order valence-corrected chi connectivity index (χ3v) is 10.1. The number of rotatable bonds is 38. The molecule has 0 aromatic rings. The van der Waals surface area contributed by atoms with Crippen molar-refractivity contribution in [1.82, 2.24) is 5.32 Å². The predicted molar refractivity (Wildman–Crippen MR) is 201 cm³/mol. The Labute approximate surface area is 284 Å². The third kappa shape index (κ3) is 36.1. The summed E-state index contributed by atoms with van der Waals surface area (Å²) in [5.74, 6) is 0.115. The van der Waals surface area contributed by atoms with E-state index in [-0.39, 0.29) is 11.9 Å². The van der Waals surface area contributed by atoms with Gasteiger partial charge in [-0.2, -0.15) is 0 Å². The number of hydrogen-bond donors (Lipinski definition) is 2. The molecule has 0 aliphatic carbocycles. The van der Waals surface area contributed by atoms with Crippen molar-refractivity contribution < 1.29 is 9.90 Å². The lowest BCUT2D eigenvalue weighted by Crippen LogP contribution is -2.41. The second-order valence-electron chi connectivity index (χ2n) is 14.8. The van der Waals surface area contributed by atoms with E-state index >= 15 is 0 Å². The van der Waals surface area contributed by atoms with E-state index < -0.39 is 6.10 Å². The Kier molecular flexibility index (Phi) is 37.4. The predicted octanol–water partition coefficient (Wildman–Crippen LogP) is 13.9. The van der Waals surface area contributed by atoms with E-state index in [1.807, 2.05) is 6.92 Å². The zero-order chi connectivity index (χ0) is 32.9. The molecule has 45 heavy (non-hydrogen) atoms. The molecule has 3 heteroatoms. The summed E-state index contributed by atoms with van der Waals surface area (Å²) >= 11 is 0.